The van der Waals surface area contributed by atoms with Crippen LogP contribution in [0.1, 0.15) is 26.7 Å². The molecule has 0 bridgehead atoms. The van der Waals surface area contributed by atoms with Crippen molar-refractivity contribution >= 4 is 5.91 Å². The minimum atomic E-state index is -0.412. The molecule has 1 aliphatic rings. The maximum atomic E-state index is 12.1. The molecule has 0 atom stereocenters. The molecule has 5 heteroatoms. The number of hydrogen-bond donors (Lipinski definition) is 3. The van der Waals surface area contributed by atoms with Crippen LogP contribution in [0.4, 0.5) is 0 Å². The maximum Gasteiger partial charge on any atom is 0.239 e. The summed E-state index contributed by atoms with van der Waals surface area (Å²) in [6, 6.07) is 0. The number of nitrogens with two attached hydrogens (primary N) is 1. The Balaban J connectivity index is 2.36. The third-order valence-corrected chi connectivity index (χ3v) is 3.38. The minimum absolute atomic E-state index is 0.122. The molecule has 0 spiro atoms. The van der Waals surface area contributed by atoms with Crippen molar-refractivity contribution in [1.82, 2.24) is 15.5 Å². The van der Waals surface area contributed by atoms with Crippen LogP contribution in [0.2, 0.25) is 0 Å². The first-order valence-electron chi connectivity index (χ1n) is 6.53. The highest BCUT2D eigenvalue weighted by Crippen LogP contribution is 2.15. The van der Waals surface area contributed by atoms with Crippen molar-refractivity contribution in [2.75, 3.05) is 39.3 Å². The van der Waals surface area contributed by atoms with Crippen molar-refractivity contribution in [2.24, 2.45) is 5.73 Å². The fraction of sp³-hybridized carbons (Fsp3) is 0.917. The van der Waals surface area contributed by atoms with Gasteiger partial charge in [-0.3, -0.25) is 9.69 Å². The van der Waals surface area contributed by atoms with Crippen molar-refractivity contribution < 1.29 is 4.79 Å². The lowest BCUT2D eigenvalue weighted by Gasteiger charge is -2.39. The lowest BCUT2D eigenvalue weighted by Crippen LogP contribution is -2.60. The van der Waals surface area contributed by atoms with Gasteiger partial charge in [0.25, 0.3) is 0 Å². The van der Waals surface area contributed by atoms with Gasteiger partial charge in [0.05, 0.1) is 5.54 Å². The second kappa shape index (κ2) is 6.93. The van der Waals surface area contributed by atoms with E-state index >= 15 is 0 Å². The van der Waals surface area contributed by atoms with E-state index in [1.165, 1.54) is 0 Å². The van der Waals surface area contributed by atoms with Gasteiger partial charge in [0, 0.05) is 32.7 Å². The van der Waals surface area contributed by atoms with Gasteiger partial charge in [-0.25, -0.2) is 0 Å². The van der Waals surface area contributed by atoms with Crippen LogP contribution < -0.4 is 16.4 Å². The predicted octanol–water partition coefficient (Wildman–Crippen LogP) is -0.475. The van der Waals surface area contributed by atoms with E-state index in [0.717, 1.165) is 45.6 Å². The molecule has 0 unspecified atom stereocenters. The number of carbonyl (C=O) groups is 1. The zero-order valence-corrected chi connectivity index (χ0v) is 11.1. The van der Waals surface area contributed by atoms with Gasteiger partial charge in [-0.1, -0.05) is 0 Å². The maximum absolute atomic E-state index is 12.1. The number of carbonyl (C=O) groups excluding carboxylic acids is 1. The SMILES string of the molecule is CC(C)(C(=O)NCCCCN)N1CCNCC1. The standard InChI is InChI=1S/C12H26N4O/c1-12(2,16-9-7-14-8-10-16)11(17)15-6-4-3-5-13/h14H,3-10,13H2,1-2H3,(H,15,17). The monoisotopic (exact) mass is 242 g/mol. The van der Waals surface area contributed by atoms with Gasteiger partial charge in [-0.15, -0.1) is 0 Å². The van der Waals surface area contributed by atoms with E-state index in [2.05, 4.69) is 15.5 Å². The third-order valence-electron chi connectivity index (χ3n) is 3.38. The Hall–Kier alpha value is -0.650. The molecule has 0 radical (unpaired) electrons. The van der Waals surface area contributed by atoms with E-state index < -0.39 is 5.54 Å². The zero-order chi connectivity index (χ0) is 12.7. The van der Waals surface area contributed by atoms with E-state index in [9.17, 15) is 4.79 Å². The number of unbranched alkanes of at least 4 members (excludes halogenated alkanes) is 1. The van der Waals surface area contributed by atoms with Crippen LogP contribution in [-0.4, -0.2) is 55.6 Å². The smallest absolute Gasteiger partial charge is 0.239 e. The molecular weight excluding hydrogens is 216 g/mol. The molecule has 0 aromatic heterocycles. The van der Waals surface area contributed by atoms with E-state index in [-0.39, 0.29) is 5.91 Å². The molecule has 5 nitrogen and oxygen atoms in total. The van der Waals surface area contributed by atoms with Gasteiger partial charge in [0.1, 0.15) is 0 Å². The van der Waals surface area contributed by atoms with Crippen molar-refractivity contribution in [2.45, 2.75) is 32.2 Å². The molecule has 1 fully saturated rings. The molecule has 17 heavy (non-hydrogen) atoms. The number of amides is 1. The summed E-state index contributed by atoms with van der Waals surface area (Å²) >= 11 is 0. The first kappa shape index (κ1) is 14.4. The number of nitrogens with one attached hydrogen (secondary N) is 2. The Bertz CT molecular complexity index is 237. The fourth-order valence-electron chi connectivity index (χ4n) is 2.06. The number of rotatable bonds is 6. The van der Waals surface area contributed by atoms with Crippen molar-refractivity contribution in [3.05, 3.63) is 0 Å². The topological polar surface area (TPSA) is 70.4 Å². The van der Waals surface area contributed by atoms with Crippen LogP contribution in [0, 0.1) is 0 Å². The molecule has 100 valence electrons. The Morgan fingerprint density at radius 2 is 2.00 bits per heavy atom. The average Bonchev–Trinajstić information content (AvgIpc) is 2.35. The molecule has 1 heterocycles. The molecule has 0 aromatic carbocycles. The van der Waals surface area contributed by atoms with Gasteiger partial charge >= 0.3 is 0 Å². The summed E-state index contributed by atoms with van der Waals surface area (Å²) in [4.78, 5) is 14.4. The quantitative estimate of drug-likeness (QED) is 0.551. The highest BCUT2D eigenvalue weighted by atomic mass is 16.2. The minimum Gasteiger partial charge on any atom is -0.355 e. The average molecular weight is 242 g/mol. The van der Waals surface area contributed by atoms with Crippen LogP contribution >= 0.6 is 0 Å². The van der Waals surface area contributed by atoms with Gasteiger partial charge in [-0.05, 0) is 33.2 Å². The van der Waals surface area contributed by atoms with Crippen LogP contribution in [0.5, 0.6) is 0 Å². The zero-order valence-electron chi connectivity index (χ0n) is 11.1. The molecule has 1 saturated heterocycles. The van der Waals surface area contributed by atoms with Gasteiger partial charge in [0.2, 0.25) is 5.91 Å². The number of piperazine rings is 1. The summed E-state index contributed by atoms with van der Waals surface area (Å²) in [5, 5.41) is 6.30. The summed E-state index contributed by atoms with van der Waals surface area (Å²) in [6.45, 7) is 9.20. The number of nitrogens with zero attached hydrogens (tertiary/aromatic N) is 1. The predicted molar refractivity (Wildman–Crippen MR) is 69.8 cm³/mol. The summed E-state index contributed by atoms with van der Waals surface area (Å²) in [7, 11) is 0. The van der Waals surface area contributed by atoms with Gasteiger partial charge in [0.15, 0.2) is 0 Å². The molecule has 0 aliphatic carbocycles. The van der Waals surface area contributed by atoms with E-state index in [4.69, 9.17) is 5.73 Å². The third kappa shape index (κ3) is 4.26. The van der Waals surface area contributed by atoms with Crippen molar-refractivity contribution in [3.63, 3.8) is 0 Å². The van der Waals surface area contributed by atoms with Crippen LogP contribution in [-0.2, 0) is 4.79 Å². The lowest BCUT2D eigenvalue weighted by molar-refractivity contribution is -0.132. The van der Waals surface area contributed by atoms with E-state index in [0.29, 0.717) is 6.54 Å². The number of hydrogen-bond acceptors (Lipinski definition) is 4. The fourth-order valence-corrected chi connectivity index (χ4v) is 2.06. The highest BCUT2D eigenvalue weighted by Gasteiger charge is 2.34. The van der Waals surface area contributed by atoms with E-state index in [1.54, 1.807) is 0 Å². The summed E-state index contributed by atoms with van der Waals surface area (Å²) < 4.78 is 0. The molecule has 0 aromatic rings. The molecular formula is C12H26N4O. The van der Waals surface area contributed by atoms with Crippen LogP contribution in [0.15, 0.2) is 0 Å². The molecule has 1 aliphatic heterocycles. The van der Waals surface area contributed by atoms with Crippen LogP contribution in [0.3, 0.4) is 0 Å². The Kier molecular flexibility index (Phi) is 5.88. The van der Waals surface area contributed by atoms with E-state index in [1.807, 2.05) is 13.8 Å². The Morgan fingerprint density at radius 1 is 1.35 bits per heavy atom. The molecule has 1 rings (SSSR count). The summed E-state index contributed by atoms with van der Waals surface area (Å²) in [6.07, 6.45) is 1.92. The van der Waals surface area contributed by atoms with Gasteiger partial charge in [-0.2, -0.15) is 0 Å². The molecule has 1 amide bonds. The first-order valence-corrected chi connectivity index (χ1v) is 6.53. The normalized spacial score (nSPS) is 18.1. The summed E-state index contributed by atoms with van der Waals surface area (Å²) in [5.74, 6) is 0.122. The second-order valence-corrected chi connectivity index (χ2v) is 5.05. The Labute approximate surface area is 104 Å². The second-order valence-electron chi connectivity index (χ2n) is 5.05. The van der Waals surface area contributed by atoms with Crippen LogP contribution in [0.25, 0.3) is 0 Å². The lowest BCUT2D eigenvalue weighted by atomic mass is 10.0. The summed E-state index contributed by atoms with van der Waals surface area (Å²) in [5.41, 5.74) is 5.01. The largest absolute Gasteiger partial charge is 0.355 e. The van der Waals surface area contributed by atoms with Crippen molar-refractivity contribution in [1.29, 1.82) is 0 Å². The van der Waals surface area contributed by atoms with Crippen molar-refractivity contribution in [3.8, 4) is 0 Å². The molecule has 0 saturated carbocycles. The Morgan fingerprint density at radius 3 is 2.59 bits per heavy atom. The first-order chi connectivity index (χ1) is 8.09. The van der Waals surface area contributed by atoms with Gasteiger partial charge < -0.3 is 16.4 Å². The highest BCUT2D eigenvalue weighted by molar-refractivity contribution is 5.85. The molecule has 4 N–H and O–H groups in total.